The predicted octanol–water partition coefficient (Wildman–Crippen LogP) is 1.92. The minimum atomic E-state index is -3.78. The van der Waals surface area contributed by atoms with Gasteiger partial charge in [0, 0.05) is 12.1 Å². The van der Waals surface area contributed by atoms with Gasteiger partial charge in [-0.2, -0.15) is 4.31 Å². The molecule has 1 atom stereocenters. The fraction of sp³-hybridized carbons (Fsp3) is 0.278. The summed E-state index contributed by atoms with van der Waals surface area (Å²) in [6.07, 6.45) is -0.345. The van der Waals surface area contributed by atoms with Gasteiger partial charge in [0.2, 0.25) is 15.9 Å². The number of ether oxygens (including phenoxy) is 2. The van der Waals surface area contributed by atoms with E-state index in [0.717, 1.165) is 4.31 Å². The van der Waals surface area contributed by atoms with Crippen LogP contribution in [0.2, 0.25) is 5.02 Å². The van der Waals surface area contributed by atoms with Gasteiger partial charge in [-0.05, 0) is 36.4 Å². The molecule has 9 heteroatoms. The third kappa shape index (κ3) is 4.71. The van der Waals surface area contributed by atoms with Crippen molar-refractivity contribution < 1.29 is 22.7 Å². The number of rotatable bonds is 6. The van der Waals surface area contributed by atoms with Crippen LogP contribution >= 0.6 is 11.6 Å². The molecule has 0 spiro atoms. The summed E-state index contributed by atoms with van der Waals surface area (Å²) in [5.41, 5.74) is 0. The summed E-state index contributed by atoms with van der Waals surface area (Å²) in [5, 5.41) is 3.11. The second-order valence-electron chi connectivity index (χ2n) is 6.02. The second kappa shape index (κ2) is 8.16. The molecule has 2 aromatic carbocycles. The SMILES string of the molecule is CN(CC(=O)NC[C@H]1COc2ccccc2O1)S(=O)(=O)c1ccc(Cl)cc1. The van der Waals surface area contributed by atoms with Gasteiger partial charge in [0.1, 0.15) is 12.7 Å². The molecule has 1 amide bonds. The molecule has 1 N–H and O–H groups in total. The number of benzene rings is 2. The van der Waals surface area contributed by atoms with Crippen molar-refractivity contribution in [1.82, 2.24) is 9.62 Å². The standard InChI is InChI=1S/C18H19ClN2O5S/c1-21(27(23,24)15-8-6-13(19)7-9-15)11-18(22)20-10-14-12-25-16-4-2-3-5-17(16)26-14/h2-9,14H,10-12H2,1H3,(H,20,22)/t14-/m0/s1. The highest BCUT2D eigenvalue weighted by molar-refractivity contribution is 7.89. The molecule has 0 radical (unpaired) electrons. The van der Waals surface area contributed by atoms with Gasteiger partial charge < -0.3 is 14.8 Å². The van der Waals surface area contributed by atoms with E-state index in [1.54, 1.807) is 12.1 Å². The first-order valence-corrected chi connectivity index (χ1v) is 10.0. The van der Waals surface area contributed by atoms with Crippen molar-refractivity contribution >= 4 is 27.5 Å². The third-order valence-corrected chi connectivity index (χ3v) is 6.05. The Morgan fingerprint density at radius 2 is 1.85 bits per heavy atom. The van der Waals surface area contributed by atoms with E-state index in [1.165, 1.54) is 31.3 Å². The van der Waals surface area contributed by atoms with Crippen LogP contribution < -0.4 is 14.8 Å². The van der Waals surface area contributed by atoms with Crippen molar-refractivity contribution in [2.75, 3.05) is 26.7 Å². The zero-order valence-electron chi connectivity index (χ0n) is 14.6. The molecule has 2 aromatic rings. The van der Waals surface area contributed by atoms with Gasteiger partial charge in [-0.15, -0.1) is 0 Å². The Morgan fingerprint density at radius 3 is 2.56 bits per heavy atom. The summed E-state index contributed by atoms with van der Waals surface area (Å²) in [7, 11) is -2.43. The van der Waals surface area contributed by atoms with Gasteiger partial charge in [0.15, 0.2) is 11.5 Å². The highest BCUT2D eigenvalue weighted by Gasteiger charge is 2.24. The lowest BCUT2D eigenvalue weighted by Crippen LogP contribution is -2.44. The molecule has 0 aromatic heterocycles. The smallest absolute Gasteiger partial charge is 0.243 e. The highest BCUT2D eigenvalue weighted by atomic mass is 35.5. The summed E-state index contributed by atoms with van der Waals surface area (Å²) in [4.78, 5) is 12.2. The lowest BCUT2D eigenvalue weighted by molar-refractivity contribution is -0.121. The molecule has 3 rings (SSSR count). The molecule has 0 aliphatic carbocycles. The van der Waals surface area contributed by atoms with Crippen molar-refractivity contribution in [3.05, 3.63) is 53.6 Å². The van der Waals surface area contributed by atoms with E-state index in [0.29, 0.717) is 23.1 Å². The number of hydrogen-bond acceptors (Lipinski definition) is 5. The van der Waals surface area contributed by atoms with Crippen LogP contribution in [0.3, 0.4) is 0 Å². The van der Waals surface area contributed by atoms with E-state index >= 15 is 0 Å². The van der Waals surface area contributed by atoms with Crippen LogP contribution in [0, 0.1) is 0 Å². The second-order valence-corrected chi connectivity index (χ2v) is 8.50. The maximum atomic E-state index is 12.5. The number of carbonyl (C=O) groups excluding carboxylic acids is 1. The molecule has 0 unspecified atom stereocenters. The molecule has 7 nitrogen and oxygen atoms in total. The Kier molecular flexibility index (Phi) is 5.88. The maximum absolute atomic E-state index is 12.5. The van der Waals surface area contributed by atoms with E-state index in [1.807, 2.05) is 12.1 Å². The van der Waals surface area contributed by atoms with E-state index in [2.05, 4.69) is 5.32 Å². The van der Waals surface area contributed by atoms with Crippen molar-refractivity contribution in [2.45, 2.75) is 11.0 Å². The Morgan fingerprint density at radius 1 is 1.19 bits per heavy atom. The molecule has 0 fully saturated rings. The van der Waals surface area contributed by atoms with Crippen LogP contribution in [0.1, 0.15) is 0 Å². The fourth-order valence-electron chi connectivity index (χ4n) is 2.52. The van der Waals surface area contributed by atoms with Crippen LogP contribution in [0.4, 0.5) is 0 Å². The van der Waals surface area contributed by atoms with Crippen molar-refractivity contribution in [1.29, 1.82) is 0 Å². The summed E-state index contributed by atoms with van der Waals surface area (Å²) in [5.74, 6) is 0.844. The maximum Gasteiger partial charge on any atom is 0.243 e. The van der Waals surface area contributed by atoms with Crippen LogP contribution in [-0.4, -0.2) is 51.5 Å². The minimum Gasteiger partial charge on any atom is -0.486 e. The first-order valence-electron chi connectivity index (χ1n) is 8.23. The number of para-hydroxylation sites is 2. The topological polar surface area (TPSA) is 84.9 Å². The van der Waals surface area contributed by atoms with E-state index in [4.69, 9.17) is 21.1 Å². The van der Waals surface area contributed by atoms with Crippen LogP contribution in [0.15, 0.2) is 53.4 Å². The van der Waals surface area contributed by atoms with E-state index < -0.39 is 15.9 Å². The normalized spacial score (nSPS) is 16.2. The number of nitrogens with one attached hydrogen (secondary N) is 1. The number of amides is 1. The number of fused-ring (bicyclic) bond motifs is 1. The monoisotopic (exact) mass is 410 g/mol. The van der Waals surface area contributed by atoms with Crippen molar-refractivity contribution in [3.8, 4) is 11.5 Å². The summed E-state index contributed by atoms with van der Waals surface area (Å²) >= 11 is 5.78. The van der Waals surface area contributed by atoms with E-state index in [9.17, 15) is 13.2 Å². The third-order valence-electron chi connectivity index (χ3n) is 3.98. The molecule has 0 saturated heterocycles. The first kappa shape index (κ1) is 19.5. The Hall–Kier alpha value is -2.29. The lowest BCUT2D eigenvalue weighted by Gasteiger charge is -2.26. The molecule has 1 aliphatic heterocycles. The number of carbonyl (C=O) groups is 1. The van der Waals surface area contributed by atoms with Crippen molar-refractivity contribution in [3.63, 3.8) is 0 Å². The average molecular weight is 411 g/mol. The van der Waals surface area contributed by atoms with Gasteiger partial charge in [-0.25, -0.2) is 8.42 Å². The lowest BCUT2D eigenvalue weighted by atomic mass is 10.2. The summed E-state index contributed by atoms with van der Waals surface area (Å²) in [6.45, 7) is 0.202. The summed E-state index contributed by atoms with van der Waals surface area (Å²) in [6, 6.07) is 13.0. The van der Waals surface area contributed by atoms with Crippen LogP contribution in [-0.2, 0) is 14.8 Å². The number of nitrogens with zero attached hydrogens (tertiary/aromatic N) is 1. The zero-order chi connectivity index (χ0) is 19.4. The first-order chi connectivity index (χ1) is 12.9. The molecule has 0 saturated carbocycles. The number of halogens is 1. The van der Waals surface area contributed by atoms with E-state index in [-0.39, 0.29) is 24.1 Å². The molecule has 0 bridgehead atoms. The van der Waals surface area contributed by atoms with Gasteiger partial charge in [-0.1, -0.05) is 23.7 Å². The van der Waals surface area contributed by atoms with Gasteiger partial charge in [0.05, 0.1) is 18.0 Å². The quantitative estimate of drug-likeness (QED) is 0.786. The molecular formula is C18H19ClN2O5S. The molecule has 144 valence electrons. The highest BCUT2D eigenvalue weighted by Crippen LogP contribution is 2.30. The van der Waals surface area contributed by atoms with Gasteiger partial charge in [0.25, 0.3) is 0 Å². The summed E-state index contributed by atoms with van der Waals surface area (Å²) < 4.78 is 37.3. The Labute approximate surface area is 162 Å². The largest absolute Gasteiger partial charge is 0.486 e. The minimum absolute atomic E-state index is 0.0721. The Balaban J connectivity index is 1.52. The van der Waals surface area contributed by atoms with Crippen LogP contribution in [0.25, 0.3) is 0 Å². The number of sulfonamides is 1. The van der Waals surface area contributed by atoms with Crippen molar-refractivity contribution in [2.24, 2.45) is 0 Å². The molecule has 27 heavy (non-hydrogen) atoms. The number of hydrogen-bond donors (Lipinski definition) is 1. The molecule has 1 aliphatic rings. The zero-order valence-corrected chi connectivity index (χ0v) is 16.2. The predicted molar refractivity (Wildman–Crippen MR) is 101 cm³/mol. The average Bonchev–Trinajstić information content (AvgIpc) is 2.66. The number of likely N-dealkylation sites (N-methyl/N-ethyl adjacent to an activating group) is 1. The molecule has 1 heterocycles. The fourth-order valence-corrected chi connectivity index (χ4v) is 3.77. The molecular weight excluding hydrogens is 392 g/mol. The van der Waals surface area contributed by atoms with Gasteiger partial charge >= 0.3 is 0 Å². The van der Waals surface area contributed by atoms with Crippen LogP contribution in [0.5, 0.6) is 11.5 Å². The van der Waals surface area contributed by atoms with Gasteiger partial charge in [-0.3, -0.25) is 4.79 Å². The Bertz CT molecular complexity index is 918.